The molecule has 1 aromatic heterocycles. The zero-order valence-corrected chi connectivity index (χ0v) is 17.4. The second-order valence-electron chi connectivity index (χ2n) is 7.58. The Morgan fingerprint density at radius 1 is 0.742 bits per heavy atom. The third kappa shape index (κ3) is 3.61. The van der Waals surface area contributed by atoms with E-state index in [2.05, 4.69) is 21.9 Å². The third-order valence-electron chi connectivity index (χ3n) is 5.77. The largest absolute Gasteiger partial charge is 0.497 e. The van der Waals surface area contributed by atoms with E-state index >= 15 is 0 Å². The first-order valence-corrected chi connectivity index (χ1v) is 10.5. The second kappa shape index (κ2) is 8.14. The van der Waals surface area contributed by atoms with Gasteiger partial charge in [-0.1, -0.05) is 30.3 Å². The standard InChI is InChI=1S/C25H24N4O2/c1-31-21-13-11-19(12-14-21)27-15-17-28(18-16-27)25-26-23-10-6-5-9-22(23)24(30)29(25)20-7-3-2-4-8-20/h2-14H,15-18H2,1H3. The number of methoxy groups -OCH3 is 1. The number of ether oxygens (including phenoxy) is 1. The molecule has 0 saturated carbocycles. The smallest absolute Gasteiger partial charge is 0.267 e. The number of nitrogens with zero attached hydrogens (tertiary/aromatic N) is 4. The Labute approximate surface area is 180 Å². The van der Waals surface area contributed by atoms with Gasteiger partial charge in [-0.15, -0.1) is 0 Å². The van der Waals surface area contributed by atoms with E-state index in [4.69, 9.17) is 9.72 Å². The number of para-hydroxylation sites is 2. The molecule has 0 amide bonds. The first-order chi connectivity index (χ1) is 15.2. The Morgan fingerprint density at radius 3 is 2.10 bits per heavy atom. The number of anilines is 2. The highest BCUT2D eigenvalue weighted by molar-refractivity contribution is 5.79. The van der Waals surface area contributed by atoms with Crippen molar-refractivity contribution in [3.05, 3.63) is 89.2 Å². The summed E-state index contributed by atoms with van der Waals surface area (Å²) in [5.41, 5.74) is 2.70. The van der Waals surface area contributed by atoms with Crippen molar-refractivity contribution in [2.75, 3.05) is 43.1 Å². The SMILES string of the molecule is COc1ccc(N2CCN(c3nc4ccccc4c(=O)n3-c3ccccc3)CC2)cc1. The zero-order chi connectivity index (χ0) is 21.2. The maximum atomic E-state index is 13.4. The summed E-state index contributed by atoms with van der Waals surface area (Å²) in [5.74, 6) is 1.55. The summed E-state index contributed by atoms with van der Waals surface area (Å²) in [4.78, 5) is 22.9. The van der Waals surface area contributed by atoms with E-state index in [0.29, 0.717) is 11.3 Å². The molecule has 6 nitrogen and oxygen atoms in total. The average Bonchev–Trinajstić information content (AvgIpc) is 2.85. The average molecular weight is 412 g/mol. The number of hydrogen-bond donors (Lipinski definition) is 0. The van der Waals surface area contributed by atoms with Gasteiger partial charge in [0.15, 0.2) is 0 Å². The number of aromatic nitrogens is 2. The monoisotopic (exact) mass is 412 g/mol. The Hall–Kier alpha value is -3.80. The molecule has 1 aliphatic rings. The molecule has 31 heavy (non-hydrogen) atoms. The molecule has 0 aliphatic carbocycles. The molecular weight excluding hydrogens is 388 g/mol. The Kier molecular flexibility index (Phi) is 5.04. The van der Waals surface area contributed by atoms with Crippen molar-refractivity contribution in [1.82, 2.24) is 9.55 Å². The summed E-state index contributed by atoms with van der Waals surface area (Å²) in [6.45, 7) is 3.26. The molecule has 0 N–H and O–H groups in total. The summed E-state index contributed by atoms with van der Waals surface area (Å²) in [6, 6.07) is 25.5. The van der Waals surface area contributed by atoms with Crippen LogP contribution in [0, 0.1) is 0 Å². The Balaban J connectivity index is 1.49. The molecular formula is C25H24N4O2. The highest BCUT2D eigenvalue weighted by Gasteiger charge is 2.23. The van der Waals surface area contributed by atoms with Crippen molar-refractivity contribution >= 4 is 22.5 Å². The van der Waals surface area contributed by atoms with Gasteiger partial charge in [0, 0.05) is 31.9 Å². The zero-order valence-electron chi connectivity index (χ0n) is 17.4. The van der Waals surface area contributed by atoms with Crippen LogP contribution in [0.2, 0.25) is 0 Å². The predicted octanol–water partition coefficient (Wildman–Crippen LogP) is 3.72. The van der Waals surface area contributed by atoms with Crippen LogP contribution in [0.5, 0.6) is 5.75 Å². The maximum Gasteiger partial charge on any atom is 0.267 e. The molecule has 1 aliphatic heterocycles. The summed E-state index contributed by atoms with van der Waals surface area (Å²) >= 11 is 0. The third-order valence-corrected chi connectivity index (χ3v) is 5.77. The van der Waals surface area contributed by atoms with Crippen molar-refractivity contribution in [2.45, 2.75) is 0 Å². The van der Waals surface area contributed by atoms with E-state index in [1.54, 1.807) is 11.7 Å². The predicted molar refractivity (Wildman–Crippen MR) is 125 cm³/mol. The van der Waals surface area contributed by atoms with Gasteiger partial charge in [-0.25, -0.2) is 9.55 Å². The van der Waals surface area contributed by atoms with Crippen LogP contribution in [-0.2, 0) is 0 Å². The van der Waals surface area contributed by atoms with Crippen LogP contribution >= 0.6 is 0 Å². The summed E-state index contributed by atoms with van der Waals surface area (Å²) in [5, 5.41) is 0.631. The number of piperazine rings is 1. The molecule has 6 heteroatoms. The number of hydrogen-bond acceptors (Lipinski definition) is 5. The molecule has 1 fully saturated rings. The van der Waals surface area contributed by atoms with Crippen LogP contribution in [0.1, 0.15) is 0 Å². The fourth-order valence-electron chi connectivity index (χ4n) is 4.10. The quantitative estimate of drug-likeness (QED) is 0.511. The normalized spacial score (nSPS) is 14.1. The lowest BCUT2D eigenvalue weighted by Crippen LogP contribution is -2.48. The van der Waals surface area contributed by atoms with Crippen LogP contribution in [0.3, 0.4) is 0 Å². The lowest BCUT2D eigenvalue weighted by molar-refractivity contribution is 0.415. The summed E-state index contributed by atoms with van der Waals surface area (Å²) in [6.07, 6.45) is 0. The summed E-state index contributed by atoms with van der Waals surface area (Å²) < 4.78 is 7.01. The number of rotatable bonds is 4. The first kappa shape index (κ1) is 19.2. The van der Waals surface area contributed by atoms with Crippen molar-refractivity contribution in [2.24, 2.45) is 0 Å². The van der Waals surface area contributed by atoms with Gasteiger partial charge >= 0.3 is 0 Å². The maximum absolute atomic E-state index is 13.4. The molecule has 1 saturated heterocycles. The van der Waals surface area contributed by atoms with Gasteiger partial charge in [-0.2, -0.15) is 0 Å². The Morgan fingerprint density at radius 2 is 1.39 bits per heavy atom. The van der Waals surface area contributed by atoms with Crippen LogP contribution in [-0.4, -0.2) is 42.8 Å². The highest BCUT2D eigenvalue weighted by Crippen LogP contribution is 2.24. The minimum atomic E-state index is -0.0376. The van der Waals surface area contributed by atoms with Crippen molar-refractivity contribution < 1.29 is 4.74 Å². The molecule has 156 valence electrons. The van der Waals surface area contributed by atoms with Crippen LogP contribution in [0.25, 0.3) is 16.6 Å². The van der Waals surface area contributed by atoms with E-state index in [0.717, 1.165) is 43.1 Å². The molecule has 4 aromatic rings. The van der Waals surface area contributed by atoms with Crippen molar-refractivity contribution in [1.29, 1.82) is 0 Å². The van der Waals surface area contributed by atoms with Gasteiger partial charge in [0.2, 0.25) is 5.95 Å². The number of fused-ring (bicyclic) bond motifs is 1. The van der Waals surface area contributed by atoms with Crippen LogP contribution < -0.4 is 20.1 Å². The van der Waals surface area contributed by atoms with Gasteiger partial charge in [-0.3, -0.25) is 4.79 Å². The Bertz CT molecular complexity index is 1240. The summed E-state index contributed by atoms with van der Waals surface area (Å²) in [7, 11) is 1.68. The molecule has 0 atom stereocenters. The van der Waals surface area contributed by atoms with E-state index < -0.39 is 0 Å². The van der Waals surface area contributed by atoms with E-state index in [9.17, 15) is 4.79 Å². The minimum absolute atomic E-state index is 0.0376. The molecule has 5 rings (SSSR count). The first-order valence-electron chi connectivity index (χ1n) is 10.5. The van der Waals surface area contributed by atoms with Gasteiger partial charge in [0.05, 0.1) is 23.7 Å². The topological polar surface area (TPSA) is 50.6 Å². The fraction of sp³-hybridized carbons (Fsp3) is 0.200. The fourth-order valence-corrected chi connectivity index (χ4v) is 4.10. The lowest BCUT2D eigenvalue weighted by atomic mass is 10.2. The lowest BCUT2D eigenvalue weighted by Gasteiger charge is -2.37. The molecule has 0 radical (unpaired) electrons. The minimum Gasteiger partial charge on any atom is -0.497 e. The molecule has 0 unspecified atom stereocenters. The van der Waals surface area contributed by atoms with Gasteiger partial charge in [0.1, 0.15) is 5.75 Å². The van der Waals surface area contributed by atoms with Crippen LogP contribution in [0.15, 0.2) is 83.7 Å². The molecule has 0 bridgehead atoms. The van der Waals surface area contributed by atoms with Gasteiger partial charge < -0.3 is 14.5 Å². The highest BCUT2D eigenvalue weighted by atomic mass is 16.5. The van der Waals surface area contributed by atoms with E-state index in [-0.39, 0.29) is 5.56 Å². The second-order valence-corrected chi connectivity index (χ2v) is 7.58. The van der Waals surface area contributed by atoms with Gasteiger partial charge in [-0.05, 0) is 48.5 Å². The molecule has 3 aromatic carbocycles. The van der Waals surface area contributed by atoms with Crippen LogP contribution in [0.4, 0.5) is 11.6 Å². The van der Waals surface area contributed by atoms with Crippen molar-refractivity contribution in [3.8, 4) is 11.4 Å². The van der Waals surface area contributed by atoms with Gasteiger partial charge in [0.25, 0.3) is 5.56 Å². The number of benzene rings is 3. The molecule has 0 spiro atoms. The molecule has 2 heterocycles. The van der Waals surface area contributed by atoms with E-state index in [1.807, 2.05) is 66.7 Å². The van der Waals surface area contributed by atoms with E-state index in [1.165, 1.54) is 5.69 Å². The van der Waals surface area contributed by atoms with Crippen molar-refractivity contribution in [3.63, 3.8) is 0 Å².